The minimum atomic E-state index is -0.0921. The second-order valence-electron chi connectivity index (χ2n) is 3.56. The number of carbonyl (C=O) groups excluding carboxylic acids is 2. The van der Waals surface area contributed by atoms with E-state index in [1.165, 1.54) is 0 Å². The van der Waals surface area contributed by atoms with Gasteiger partial charge in [-0.3, -0.25) is 9.59 Å². The first-order valence-electron chi connectivity index (χ1n) is 4.99. The molecule has 4 nitrogen and oxygen atoms in total. The summed E-state index contributed by atoms with van der Waals surface area (Å²) in [6, 6.07) is 7.40. The number of rotatable bonds is 1. The van der Waals surface area contributed by atoms with Crippen molar-refractivity contribution < 1.29 is 9.59 Å². The van der Waals surface area contributed by atoms with E-state index in [9.17, 15) is 9.59 Å². The number of benzene rings is 1. The summed E-state index contributed by atoms with van der Waals surface area (Å²) >= 11 is 2.13. The maximum absolute atomic E-state index is 12.1. The number of carbonyl (C=O) groups is 2. The van der Waals surface area contributed by atoms with Crippen molar-refractivity contribution in [3.63, 3.8) is 0 Å². The van der Waals surface area contributed by atoms with Gasteiger partial charge in [0.25, 0.3) is 5.91 Å². The van der Waals surface area contributed by atoms with Gasteiger partial charge in [-0.25, -0.2) is 0 Å². The number of hydrogen-bond donors (Lipinski definition) is 1. The maximum Gasteiger partial charge on any atom is 0.255 e. The highest BCUT2D eigenvalue weighted by atomic mass is 127. The van der Waals surface area contributed by atoms with Crippen molar-refractivity contribution in [2.24, 2.45) is 0 Å². The average molecular weight is 330 g/mol. The van der Waals surface area contributed by atoms with Gasteiger partial charge in [-0.05, 0) is 34.7 Å². The normalized spacial score (nSPS) is 15.8. The lowest BCUT2D eigenvalue weighted by atomic mass is 10.2. The molecule has 2 rings (SSSR count). The molecule has 1 aromatic carbocycles. The molecule has 1 saturated heterocycles. The van der Waals surface area contributed by atoms with Crippen LogP contribution in [0.1, 0.15) is 10.4 Å². The number of nitrogens with one attached hydrogen (secondary N) is 1. The van der Waals surface area contributed by atoms with Gasteiger partial charge in [-0.15, -0.1) is 0 Å². The molecule has 0 unspecified atom stereocenters. The molecule has 0 saturated carbocycles. The van der Waals surface area contributed by atoms with Gasteiger partial charge >= 0.3 is 0 Å². The van der Waals surface area contributed by atoms with Crippen LogP contribution < -0.4 is 5.32 Å². The Morgan fingerprint density at radius 1 is 1.38 bits per heavy atom. The first-order valence-corrected chi connectivity index (χ1v) is 6.07. The van der Waals surface area contributed by atoms with Crippen LogP contribution in [0.4, 0.5) is 0 Å². The molecule has 0 radical (unpaired) electrons. The molecule has 2 amide bonds. The second-order valence-corrected chi connectivity index (χ2v) is 4.72. The second kappa shape index (κ2) is 4.82. The number of piperazine rings is 1. The Hall–Kier alpha value is -1.11. The highest BCUT2D eigenvalue weighted by Gasteiger charge is 2.23. The van der Waals surface area contributed by atoms with E-state index < -0.39 is 0 Å². The molecule has 1 fully saturated rings. The molecule has 5 heteroatoms. The predicted molar refractivity (Wildman–Crippen MR) is 68.1 cm³/mol. The lowest BCUT2D eigenvalue weighted by molar-refractivity contribution is -0.123. The highest BCUT2D eigenvalue weighted by Crippen LogP contribution is 2.14. The van der Waals surface area contributed by atoms with Gasteiger partial charge < -0.3 is 10.2 Å². The van der Waals surface area contributed by atoms with Crippen molar-refractivity contribution in [1.29, 1.82) is 0 Å². The first kappa shape index (κ1) is 11.4. The average Bonchev–Trinajstić information content (AvgIpc) is 2.29. The lowest BCUT2D eigenvalue weighted by Gasteiger charge is -2.26. The highest BCUT2D eigenvalue weighted by molar-refractivity contribution is 14.1. The van der Waals surface area contributed by atoms with Crippen LogP contribution in [0, 0.1) is 3.57 Å². The van der Waals surface area contributed by atoms with Crippen LogP contribution in [-0.2, 0) is 4.79 Å². The van der Waals surface area contributed by atoms with Gasteiger partial charge in [0, 0.05) is 16.7 Å². The molecule has 1 aliphatic heterocycles. The van der Waals surface area contributed by atoms with E-state index in [1.54, 1.807) is 11.0 Å². The standard InChI is InChI=1S/C11H11IN2O2/c12-9-4-2-1-3-8(9)11(16)14-6-5-13-10(15)7-14/h1-4H,5-7H2,(H,13,15). The van der Waals surface area contributed by atoms with Crippen molar-refractivity contribution in [2.45, 2.75) is 0 Å². The predicted octanol–water partition coefficient (Wildman–Crippen LogP) is 0.863. The van der Waals surface area contributed by atoms with Gasteiger partial charge in [0.15, 0.2) is 0 Å². The Labute approximate surface area is 107 Å². The summed E-state index contributed by atoms with van der Waals surface area (Å²) in [4.78, 5) is 24.9. The van der Waals surface area contributed by atoms with Crippen LogP contribution in [0.3, 0.4) is 0 Å². The van der Waals surface area contributed by atoms with Crippen LogP contribution in [0.2, 0.25) is 0 Å². The zero-order chi connectivity index (χ0) is 11.5. The Balaban J connectivity index is 2.19. The molecular weight excluding hydrogens is 319 g/mol. The molecule has 1 aliphatic rings. The first-order chi connectivity index (χ1) is 7.68. The monoisotopic (exact) mass is 330 g/mol. The van der Waals surface area contributed by atoms with Gasteiger partial charge in [0.05, 0.1) is 12.1 Å². The minimum absolute atomic E-state index is 0.0696. The number of nitrogens with zero attached hydrogens (tertiary/aromatic N) is 1. The molecule has 0 aliphatic carbocycles. The Morgan fingerprint density at radius 3 is 2.81 bits per heavy atom. The fraction of sp³-hybridized carbons (Fsp3) is 0.273. The van der Waals surface area contributed by atoms with Crippen molar-refractivity contribution >= 4 is 34.4 Å². The van der Waals surface area contributed by atoms with Gasteiger partial charge in [0.1, 0.15) is 0 Å². The van der Waals surface area contributed by atoms with Crippen molar-refractivity contribution in [3.8, 4) is 0 Å². The van der Waals surface area contributed by atoms with Crippen LogP contribution in [0.25, 0.3) is 0 Å². The minimum Gasteiger partial charge on any atom is -0.353 e. The third-order valence-electron chi connectivity index (χ3n) is 2.43. The summed E-state index contributed by atoms with van der Waals surface area (Å²) in [6.07, 6.45) is 0. The van der Waals surface area contributed by atoms with Gasteiger partial charge in [-0.2, -0.15) is 0 Å². The molecular formula is C11H11IN2O2. The molecule has 1 aromatic rings. The van der Waals surface area contributed by atoms with E-state index in [0.717, 1.165) is 3.57 Å². The fourth-order valence-electron chi connectivity index (χ4n) is 1.62. The van der Waals surface area contributed by atoms with Crippen molar-refractivity contribution in [2.75, 3.05) is 19.6 Å². The molecule has 84 valence electrons. The molecule has 0 bridgehead atoms. The quantitative estimate of drug-likeness (QED) is 0.777. The van der Waals surface area contributed by atoms with E-state index in [4.69, 9.17) is 0 Å². The maximum atomic E-state index is 12.1. The Bertz CT molecular complexity index is 434. The fourth-order valence-corrected chi connectivity index (χ4v) is 2.24. The van der Waals surface area contributed by atoms with Crippen LogP contribution in [-0.4, -0.2) is 36.3 Å². The van der Waals surface area contributed by atoms with Crippen LogP contribution in [0.5, 0.6) is 0 Å². The summed E-state index contributed by atoms with van der Waals surface area (Å²) in [5, 5.41) is 2.70. The number of hydrogen-bond acceptors (Lipinski definition) is 2. The lowest BCUT2D eigenvalue weighted by Crippen LogP contribution is -2.50. The number of halogens is 1. The van der Waals surface area contributed by atoms with Gasteiger partial charge in [0.2, 0.25) is 5.91 Å². The third-order valence-corrected chi connectivity index (χ3v) is 3.37. The van der Waals surface area contributed by atoms with Gasteiger partial charge in [-0.1, -0.05) is 12.1 Å². The zero-order valence-electron chi connectivity index (χ0n) is 8.57. The molecule has 16 heavy (non-hydrogen) atoms. The number of amides is 2. The van der Waals surface area contributed by atoms with Crippen LogP contribution in [0.15, 0.2) is 24.3 Å². The van der Waals surface area contributed by atoms with E-state index in [-0.39, 0.29) is 18.4 Å². The zero-order valence-corrected chi connectivity index (χ0v) is 10.7. The summed E-state index contributed by atoms with van der Waals surface area (Å²) in [5.41, 5.74) is 0.665. The Morgan fingerprint density at radius 2 is 2.12 bits per heavy atom. The molecule has 0 aromatic heterocycles. The van der Waals surface area contributed by atoms with E-state index in [1.807, 2.05) is 18.2 Å². The van der Waals surface area contributed by atoms with Crippen LogP contribution >= 0.6 is 22.6 Å². The Kier molecular flexibility index (Phi) is 3.42. The van der Waals surface area contributed by atoms with E-state index in [0.29, 0.717) is 18.7 Å². The molecule has 1 N–H and O–H groups in total. The summed E-state index contributed by atoms with van der Waals surface area (Å²) in [7, 11) is 0. The molecule has 1 heterocycles. The van der Waals surface area contributed by atoms with Crippen molar-refractivity contribution in [1.82, 2.24) is 10.2 Å². The van der Waals surface area contributed by atoms with E-state index in [2.05, 4.69) is 27.9 Å². The van der Waals surface area contributed by atoms with Crippen molar-refractivity contribution in [3.05, 3.63) is 33.4 Å². The SMILES string of the molecule is O=C1CN(C(=O)c2ccccc2I)CCN1. The summed E-state index contributed by atoms with van der Waals surface area (Å²) < 4.78 is 0.913. The molecule has 0 spiro atoms. The summed E-state index contributed by atoms with van der Waals surface area (Å²) in [5.74, 6) is -0.162. The van der Waals surface area contributed by atoms with E-state index >= 15 is 0 Å². The molecule has 0 atom stereocenters. The topological polar surface area (TPSA) is 49.4 Å². The summed E-state index contributed by atoms with van der Waals surface area (Å²) in [6.45, 7) is 1.27. The largest absolute Gasteiger partial charge is 0.353 e. The smallest absolute Gasteiger partial charge is 0.255 e. The third kappa shape index (κ3) is 2.34.